The van der Waals surface area contributed by atoms with Crippen LogP contribution >= 0.6 is 11.6 Å². The Balaban J connectivity index is 2.27. The van der Waals surface area contributed by atoms with E-state index < -0.39 is 0 Å². The zero-order valence-corrected chi connectivity index (χ0v) is 11.5. The van der Waals surface area contributed by atoms with Crippen LogP contribution in [0.4, 0.5) is 0 Å². The van der Waals surface area contributed by atoms with Gasteiger partial charge in [-0.05, 0) is 30.3 Å². The summed E-state index contributed by atoms with van der Waals surface area (Å²) in [5.41, 5.74) is 3.55. The third-order valence-corrected chi connectivity index (χ3v) is 3.37. The van der Waals surface area contributed by atoms with Gasteiger partial charge in [-0.15, -0.1) is 11.6 Å². The zero-order chi connectivity index (χ0) is 13.9. The molecule has 0 saturated carbocycles. The molecular weight excluding hydrogens is 270 g/mol. The largest absolute Gasteiger partial charge is 0.296 e. The van der Waals surface area contributed by atoms with Crippen LogP contribution in [0.5, 0.6) is 0 Å². The van der Waals surface area contributed by atoms with Gasteiger partial charge in [-0.25, -0.2) is 4.98 Å². The molecule has 0 N–H and O–H groups in total. The second-order valence-electron chi connectivity index (χ2n) is 4.45. The Morgan fingerprint density at radius 1 is 1.15 bits per heavy atom. The molecule has 20 heavy (non-hydrogen) atoms. The molecule has 3 nitrogen and oxygen atoms in total. The van der Waals surface area contributed by atoms with Gasteiger partial charge >= 0.3 is 0 Å². The smallest absolute Gasteiger partial charge is 0.115 e. The van der Waals surface area contributed by atoms with E-state index in [-0.39, 0.29) is 0 Å². The third-order valence-electron chi connectivity index (χ3n) is 3.18. The number of hydrogen-bond donors (Lipinski definition) is 0. The van der Waals surface area contributed by atoms with Gasteiger partial charge in [0.2, 0.25) is 0 Å². The van der Waals surface area contributed by atoms with Gasteiger partial charge in [0.1, 0.15) is 5.82 Å². The van der Waals surface area contributed by atoms with Crippen molar-refractivity contribution >= 4 is 22.6 Å². The van der Waals surface area contributed by atoms with Crippen LogP contribution in [0.15, 0.2) is 48.5 Å². The summed E-state index contributed by atoms with van der Waals surface area (Å²) in [7, 11) is 0. The number of fused-ring (bicyclic) bond motifs is 1. The fourth-order valence-electron chi connectivity index (χ4n) is 2.33. The Hall–Kier alpha value is -2.31. The third kappa shape index (κ3) is 2.15. The Morgan fingerprint density at radius 2 is 2.00 bits per heavy atom. The first-order valence-corrected chi connectivity index (χ1v) is 6.90. The molecule has 0 aliphatic carbocycles. The highest BCUT2D eigenvalue weighted by Gasteiger charge is 2.11. The first-order chi connectivity index (χ1) is 9.83. The normalized spacial score (nSPS) is 10.6. The standard InChI is InChI=1S/C16H12ClN3/c17-9-8-16-19-14-6-1-2-7-15(14)20(16)13-5-3-4-12(10-13)11-18/h1-7,10H,8-9H2. The van der Waals surface area contributed by atoms with Gasteiger partial charge in [-0.3, -0.25) is 4.57 Å². The first kappa shape index (κ1) is 12.7. The fraction of sp³-hybridized carbons (Fsp3) is 0.125. The number of halogens is 1. The van der Waals surface area contributed by atoms with Gasteiger partial charge in [0, 0.05) is 18.0 Å². The number of benzene rings is 2. The van der Waals surface area contributed by atoms with Crippen molar-refractivity contribution in [2.75, 3.05) is 5.88 Å². The van der Waals surface area contributed by atoms with E-state index in [2.05, 4.69) is 15.6 Å². The lowest BCUT2D eigenvalue weighted by Gasteiger charge is -2.08. The molecule has 0 unspecified atom stereocenters. The van der Waals surface area contributed by atoms with Crippen LogP contribution in [-0.2, 0) is 6.42 Å². The minimum absolute atomic E-state index is 0.515. The maximum Gasteiger partial charge on any atom is 0.115 e. The van der Waals surface area contributed by atoms with Crippen LogP contribution in [-0.4, -0.2) is 15.4 Å². The lowest BCUT2D eigenvalue weighted by atomic mass is 10.2. The molecule has 0 spiro atoms. The summed E-state index contributed by atoms with van der Waals surface area (Å²) in [4.78, 5) is 4.63. The van der Waals surface area contributed by atoms with E-state index in [1.165, 1.54) is 0 Å². The first-order valence-electron chi connectivity index (χ1n) is 6.36. The molecule has 4 heteroatoms. The molecule has 1 aromatic heterocycles. The van der Waals surface area contributed by atoms with E-state index in [0.29, 0.717) is 17.9 Å². The highest BCUT2D eigenvalue weighted by atomic mass is 35.5. The Kier molecular flexibility index (Phi) is 3.41. The second kappa shape index (κ2) is 5.36. The van der Waals surface area contributed by atoms with Crippen LogP contribution in [0.3, 0.4) is 0 Å². The summed E-state index contributed by atoms with van der Waals surface area (Å²) < 4.78 is 2.07. The monoisotopic (exact) mass is 281 g/mol. The number of hydrogen-bond acceptors (Lipinski definition) is 2. The van der Waals surface area contributed by atoms with Crippen molar-refractivity contribution in [2.24, 2.45) is 0 Å². The summed E-state index contributed by atoms with van der Waals surface area (Å²) in [6, 6.07) is 17.7. The van der Waals surface area contributed by atoms with E-state index in [1.807, 2.05) is 42.5 Å². The summed E-state index contributed by atoms with van der Waals surface area (Å²) in [6.07, 6.45) is 0.688. The lowest BCUT2D eigenvalue weighted by molar-refractivity contribution is 0.912. The topological polar surface area (TPSA) is 41.6 Å². The molecule has 0 radical (unpaired) electrons. The van der Waals surface area contributed by atoms with Crippen molar-refractivity contribution in [3.8, 4) is 11.8 Å². The number of rotatable bonds is 3. The Bertz CT molecular complexity index is 799. The minimum atomic E-state index is 0.515. The number of nitriles is 1. The fourth-order valence-corrected chi connectivity index (χ4v) is 2.50. The van der Waals surface area contributed by atoms with E-state index in [9.17, 15) is 0 Å². The molecule has 0 atom stereocenters. The number of aromatic nitrogens is 2. The number of nitrogens with zero attached hydrogens (tertiary/aromatic N) is 3. The van der Waals surface area contributed by atoms with Crippen molar-refractivity contribution in [2.45, 2.75) is 6.42 Å². The van der Waals surface area contributed by atoms with Crippen molar-refractivity contribution in [3.05, 3.63) is 59.9 Å². The van der Waals surface area contributed by atoms with Gasteiger partial charge < -0.3 is 0 Å². The Morgan fingerprint density at radius 3 is 2.80 bits per heavy atom. The average molecular weight is 282 g/mol. The predicted molar refractivity (Wildman–Crippen MR) is 80.2 cm³/mol. The van der Waals surface area contributed by atoms with Gasteiger partial charge in [0.25, 0.3) is 0 Å². The van der Waals surface area contributed by atoms with Crippen LogP contribution < -0.4 is 0 Å². The molecule has 2 aromatic carbocycles. The number of aryl methyl sites for hydroxylation is 1. The molecule has 0 bridgehead atoms. The molecule has 1 heterocycles. The van der Waals surface area contributed by atoms with Crippen molar-refractivity contribution in [1.82, 2.24) is 9.55 Å². The average Bonchev–Trinajstić information content (AvgIpc) is 2.85. The van der Waals surface area contributed by atoms with E-state index in [4.69, 9.17) is 16.9 Å². The summed E-state index contributed by atoms with van der Waals surface area (Å²) in [6.45, 7) is 0. The van der Waals surface area contributed by atoms with Crippen molar-refractivity contribution < 1.29 is 0 Å². The number of alkyl halides is 1. The summed E-state index contributed by atoms with van der Waals surface area (Å²) in [5.74, 6) is 1.43. The number of imidazole rings is 1. The number of para-hydroxylation sites is 2. The highest BCUT2D eigenvalue weighted by molar-refractivity contribution is 6.17. The molecule has 0 saturated heterocycles. The van der Waals surface area contributed by atoms with Gasteiger partial charge in [-0.1, -0.05) is 18.2 Å². The summed E-state index contributed by atoms with van der Waals surface area (Å²) in [5, 5.41) is 9.05. The van der Waals surface area contributed by atoms with E-state index >= 15 is 0 Å². The quantitative estimate of drug-likeness (QED) is 0.687. The van der Waals surface area contributed by atoms with Crippen molar-refractivity contribution in [1.29, 1.82) is 5.26 Å². The molecule has 0 aliphatic heterocycles. The molecule has 0 amide bonds. The summed E-state index contributed by atoms with van der Waals surface area (Å²) >= 11 is 5.88. The maximum atomic E-state index is 9.05. The minimum Gasteiger partial charge on any atom is -0.296 e. The Labute approximate surface area is 122 Å². The van der Waals surface area contributed by atoms with Crippen LogP contribution in [0.25, 0.3) is 16.7 Å². The zero-order valence-electron chi connectivity index (χ0n) is 10.8. The predicted octanol–water partition coefficient (Wildman–Crippen LogP) is 3.68. The molecule has 98 valence electrons. The second-order valence-corrected chi connectivity index (χ2v) is 4.83. The van der Waals surface area contributed by atoms with Crippen LogP contribution in [0.2, 0.25) is 0 Å². The molecule has 0 aliphatic rings. The van der Waals surface area contributed by atoms with Gasteiger partial charge in [-0.2, -0.15) is 5.26 Å². The lowest BCUT2D eigenvalue weighted by Crippen LogP contribution is -2.02. The van der Waals surface area contributed by atoms with Crippen molar-refractivity contribution in [3.63, 3.8) is 0 Å². The van der Waals surface area contributed by atoms with Gasteiger partial charge in [0.05, 0.1) is 22.7 Å². The SMILES string of the molecule is N#Cc1cccc(-n2c(CCCl)nc3ccccc32)c1. The van der Waals surface area contributed by atoms with Crippen LogP contribution in [0, 0.1) is 11.3 Å². The van der Waals surface area contributed by atoms with Gasteiger partial charge in [0.15, 0.2) is 0 Å². The molecule has 3 aromatic rings. The van der Waals surface area contributed by atoms with E-state index in [1.54, 1.807) is 6.07 Å². The highest BCUT2D eigenvalue weighted by Crippen LogP contribution is 2.22. The molecule has 0 fully saturated rings. The maximum absolute atomic E-state index is 9.05. The van der Waals surface area contributed by atoms with Crippen LogP contribution in [0.1, 0.15) is 11.4 Å². The molecule has 3 rings (SSSR count). The van der Waals surface area contributed by atoms with E-state index in [0.717, 1.165) is 22.5 Å². The molecular formula is C16H12ClN3.